The number of aryl methyl sites for hydroxylation is 1. The lowest BCUT2D eigenvalue weighted by Crippen LogP contribution is -2.69. The number of halogens is 2. The Balaban J connectivity index is 1.14. The average molecular weight is 623 g/mol. The molecule has 5 atom stereocenters. The van der Waals surface area contributed by atoms with E-state index >= 15 is 0 Å². The molecule has 2 aromatic heterocycles. The average Bonchev–Trinajstić information content (AvgIpc) is 3.23. The summed E-state index contributed by atoms with van der Waals surface area (Å²) in [7, 11) is 1.68. The Bertz CT molecular complexity index is 1470. The van der Waals surface area contributed by atoms with Crippen LogP contribution >= 0.6 is 0 Å². The molecule has 3 saturated heterocycles. The molecule has 7 heterocycles. The molecular weight excluding hydrogens is 578 g/mol. The molecule has 0 aromatic carbocycles. The molecule has 1 unspecified atom stereocenters. The van der Waals surface area contributed by atoms with Crippen molar-refractivity contribution in [2.45, 2.75) is 82.2 Å². The number of fused-ring (bicyclic) bond motifs is 5. The molecule has 3 fully saturated rings. The van der Waals surface area contributed by atoms with Crippen molar-refractivity contribution in [3.63, 3.8) is 0 Å². The molecule has 7 rings (SSSR count). The van der Waals surface area contributed by atoms with Gasteiger partial charge in [0.05, 0.1) is 17.9 Å². The third-order valence-electron chi connectivity index (χ3n) is 10.9. The van der Waals surface area contributed by atoms with Crippen LogP contribution in [0.2, 0.25) is 0 Å². The summed E-state index contributed by atoms with van der Waals surface area (Å²) in [5.74, 6) is 0.609. The summed E-state index contributed by atoms with van der Waals surface area (Å²) in [6.45, 7) is 12.8. The van der Waals surface area contributed by atoms with Crippen LogP contribution in [-0.4, -0.2) is 96.8 Å². The van der Waals surface area contributed by atoms with E-state index in [0.29, 0.717) is 62.9 Å². The van der Waals surface area contributed by atoms with Crippen LogP contribution in [0.1, 0.15) is 73.2 Å². The van der Waals surface area contributed by atoms with Crippen molar-refractivity contribution in [3.05, 3.63) is 59.1 Å². The van der Waals surface area contributed by atoms with Crippen molar-refractivity contribution in [1.29, 1.82) is 0 Å². The van der Waals surface area contributed by atoms with Crippen LogP contribution in [0.15, 0.2) is 31.0 Å². The van der Waals surface area contributed by atoms with Crippen LogP contribution in [0.4, 0.5) is 20.3 Å². The van der Waals surface area contributed by atoms with E-state index in [9.17, 15) is 13.6 Å². The normalized spacial score (nSPS) is 29.7. The maximum Gasteiger partial charge on any atom is 0.280 e. The molecular formula is C34H44F2N6O3. The number of aromatic nitrogens is 2. The van der Waals surface area contributed by atoms with Gasteiger partial charge in [-0.2, -0.15) is 0 Å². The topological polar surface area (TPSA) is 74.3 Å². The van der Waals surface area contributed by atoms with Crippen molar-refractivity contribution in [3.8, 4) is 0 Å². The summed E-state index contributed by atoms with van der Waals surface area (Å²) < 4.78 is 41.5. The van der Waals surface area contributed by atoms with E-state index in [-0.39, 0.29) is 29.8 Å². The van der Waals surface area contributed by atoms with Crippen molar-refractivity contribution >= 4 is 17.4 Å². The maximum atomic E-state index is 14.7. The van der Waals surface area contributed by atoms with Gasteiger partial charge in [0.1, 0.15) is 17.6 Å². The van der Waals surface area contributed by atoms with Gasteiger partial charge in [-0.05, 0) is 57.2 Å². The lowest BCUT2D eigenvalue weighted by atomic mass is 9.79. The molecule has 0 aliphatic carbocycles. The zero-order valence-electron chi connectivity index (χ0n) is 26.6. The first-order valence-electron chi connectivity index (χ1n) is 16.4. The highest BCUT2D eigenvalue weighted by molar-refractivity contribution is 5.87. The highest BCUT2D eigenvalue weighted by Gasteiger charge is 2.51. The molecule has 0 bridgehead atoms. The van der Waals surface area contributed by atoms with Crippen LogP contribution in [0, 0.1) is 6.92 Å². The summed E-state index contributed by atoms with van der Waals surface area (Å²) in [6.07, 6.45) is 4.21. The predicted molar refractivity (Wildman–Crippen MR) is 168 cm³/mol. The Morgan fingerprint density at radius 2 is 2.02 bits per heavy atom. The molecule has 5 aliphatic heterocycles. The minimum atomic E-state index is -2.64. The fraction of sp³-hybridized carbons (Fsp3) is 0.618. The van der Waals surface area contributed by atoms with Gasteiger partial charge in [-0.25, -0.2) is 13.8 Å². The minimum Gasteiger partial charge on any atom is -0.382 e. The number of rotatable bonds is 6. The third-order valence-corrected chi connectivity index (χ3v) is 10.9. The lowest BCUT2D eigenvalue weighted by Gasteiger charge is -2.55. The first kappa shape index (κ1) is 30.5. The minimum absolute atomic E-state index is 0.0175. The number of nitrogens with zero attached hydrogens (tertiary/aromatic N) is 6. The summed E-state index contributed by atoms with van der Waals surface area (Å²) in [6, 6.07) is 4.76. The fourth-order valence-corrected chi connectivity index (χ4v) is 8.76. The molecule has 5 aliphatic rings. The van der Waals surface area contributed by atoms with Crippen molar-refractivity contribution in [2.24, 2.45) is 0 Å². The zero-order valence-corrected chi connectivity index (χ0v) is 26.6. The van der Waals surface area contributed by atoms with Gasteiger partial charge in [0.15, 0.2) is 0 Å². The Morgan fingerprint density at radius 3 is 2.73 bits per heavy atom. The van der Waals surface area contributed by atoms with Gasteiger partial charge in [0.2, 0.25) is 5.91 Å². The quantitative estimate of drug-likeness (QED) is 0.435. The standard InChI is InChI=1S/C34H44F2N6O3/c1-5-29(43)40-15-13-39(14-16-40)26-19-42-24(26)8-6-7-23-25(42)17-28(38-31(23)33(35)36)41-12-10-34(18-22(41)3)30-21(2)9-11-37-32(30)27(45-34)20-44-4/h5,9,11,17,22,24,26-27,33H,1,6-8,10,12-16,18-20H2,2-4H3/t22-,24?,26-,27-,34-/m1/s1. The number of piperidine rings is 1. The Kier molecular flexibility index (Phi) is 8.06. The second kappa shape index (κ2) is 11.9. The number of piperazine rings is 1. The number of amides is 1. The van der Waals surface area contributed by atoms with Crippen molar-refractivity contribution in [1.82, 2.24) is 19.8 Å². The number of hydrogen-bond donors (Lipinski definition) is 0. The highest BCUT2D eigenvalue weighted by atomic mass is 19.3. The highest BCUT2D eigenvalue weighted by Crippen LogP contribution is 2.52. The molecule has 0 N–H and O–H groups in total. The first-order chi connectivity index (χ1) is 21.7. The number of alkyl halides is 2. The van der Waals surface area contributed by atoms with E-state index < -0.39 is 12.0 Å². The van der Waals surface area contributed by atoms with Crippen LogP contribution in [-0.2, 0) is 26.3 Å². The Morgan fingerprint density at radius 1 is 1.22 bits per heavy atom. The summed E-state index contributed by atoms with van der Waals surface area (Å²) >= 11 is 0. The molecule has 1 spiro atoms. The number of methoxy groups -OCH3 is 1. The SMILES string of the molecule is C=CC(=O)N1CCN([C@@H]2CN3c4cc(N5CC[C@]6(C[C@H]5C)O[C@H](COC)c5nccc(C)c56)nc(C(F)F)c4CCCC23)CC1. The monoisotopic (exact) mass is 622 g/mol. The number of ether oxygens (including phenoxy) is 2. The molecule has 1 amide bonds. The van der Waals surface area contributed by atoms with Gasteiger partial charge in [-0.1, -0.05) is 6.58 Å². The molecule has 0 saturated carbocycles. The molecule has 45 heavy (non-hydrogen) atoms. The van der Waals surface area contributed by atoms with E-state index in [4.69, 9.17) is 14.5 Å². The second-order valence-corrected chi connectivity index (χ2v) is 13.3. The van der Waals surface area contributed by atoms with Gasteiger partial charge >= 0.3 is 0 Å². The van der Waals surface area contributed by atoms with Crippen LogP contribution in [0.5, 0.6) is 0 Å². The van der Waals surface area contributed by atoms with Gasteiger partial charge in [-0.15, -0.1) is 0 Å². The van der Waals surface area contributed by atoms with E-state index in [1.165, 1.54) is 6.08 Å². The van der Waals surface area contributed by atoms with E-state index in [2.05, 4.69) is 46.2 Å². The molecule has 2 aromatic rings. The predicted octanol–water partition coefficient (Wildman–Crippen LogP) is 4.55. The largest absolute Gasteiger partial charge is 0.382 e. The lowest BCUT2D eigenvalue weighted by molar-refractivity contribution is -0.128. The maximum absolute atomic E-state index is 14.7. The zero-order chi connectivity index (χ0) is 31.5. The van der Waals surface area contributed by atoms with Crippen molar-refractivity contribution in [2.75, 3.05) is 62.8 Å². The van der Waals surface area contributed by atoms with Crippen molar-refractivity contribution < 1.29 is 23.0 Å². The molecule has 11 heteroatoms. The van der Waals surface area contributed by atoms with Gasteiger partial charge in [-0.3, -0.25) is 14.7 Å². The van der Waals surface area contributed by atoms with E-state index in [0.717, 1.165) is 55.0 Å². The second-order valence-electron chi connectivity index (χ2n) is 13.3. The fourth-order valence-electron chi connectivity index (χ4n) is 8.76. The number of carbonyl (C=O) groups is 1. The number of carbonyl (C=O) groups excluding carboxylic acids is 1. The molecule has 9 nitrogen and oxygen atoms in total. The Hall–Kier alpha value is -3.15. The summed E-state index contributed by atoms with van der Waals surface area (Å²) in [5.41, 5.74) is 4.34. The first-order valence-corrected chi connectivity index (χ1v) is 16.4. The van der Waals surface area contributed by atoms with Gasteiger partial charge < -0.3 is 24.2 Å². The Labute approximate surface area is 264 Å². The van der Waals surface area contributed by atoms with Gasteiger partial charge in [0.25, 0.3) is 6.43 Å². The number of pyridine rings is 2. The van der Waals surface area contributed by atoms with E-state index in [1.54, 1.807) is 7.11 Å². The van der Waals surface area contributed by atoms with Crippen LogP contribution < -0.4 is 9.80 Å². The summed E-state index contributed by atoms with van der Waals surface area (Å²) in [4.78, 5) is 30.3. The molecule has 242 valence electrons. The summed E-state index contributed by atoms with van der Waals surface area (Å²) in [5, 5.41) is 0. The van der Waals surface area contributed by atoms with Crippen LogP contribution in [0.25, 0.3) is 0 Å². The van der Waals surface area contributed by atoms with E-state index in [1.807, 2.05) is 17.2 Å². The smallest absolute Gasteiger partial charge is 0.280 e. The number of hydrogen-bond acceptors (Lipinski definition) is 8. The third kappa shape index (κ3) is 5.11. The van der Waals surface area contributed by atoms with Crippen LogP contribution in [0.3, 0.4) is 0 Å². The number of anilines is 2. The molecule has 0 radical (unpaired) electrons. The van der Waals surface area contributed by atoms with Gasteiger partial charge in [0, 0.05) is 100 Å².